The SMILES string of the molecule is CCC(CS(=O)c1ccc(F)c(F)c1)NC. The second-order valence-electron chi connectivity index (χ2n) is 3.48. The van der Waals surface area contributed by atoms with Crippen LogP contribution in [-0.4, -0.2) is 23.1 Å². The maximum absolute atomic E-state index is 12.9. The molecule has 2 unspecified atom stereocenters. The van der Waals surface area contributed by atoms with Gasteiger partial charge in [-0.2, -0.15) is 0 Å². The second kappa shape index (κ2) is 6.06. The van der Waals surface area contributed by atoms with E-state index in [0.717, 1.165) is 18.6 Å². The smallest absolute Gasteiger partial charge is 0.160 e. The fourth-order valence-corrected chi connectivity index (χ4v) is 2.72. The average molecular weight is 247 g/mol. The molecule has 2 nitrogen and oxygen atoms in total. The van der Waals surface area contributed by atoms with E-state index in [4.69, 9.17) is 0 Å². The molecular weight excluding hydrogens is 232 g/mol. The summed E-state index contributed by atoms with van der Waals surface area (Å²) in [5.74, 6) is -1.47. The van der Waals surface area contributed by atoms with Gasteiger partial charge in [0.1, 0.15) is 0 Å². The molecule has 16 heavy (non-hydrogen) atoms. The molecule has 0 saturated heterocycles. The molecule has 0 spiro atoms. The molecule has 0 radical (unpaired) electrons. The summed E-state index contributed by atoms with van der Waals surface area (Å²) in [7, 11) is 0.487. The standard InChI is InChI=1S/C11H15F2NOS/c1-3-8(14-2)7-16(15)9-4-5-10(12)11(13)6-9/h4-6,8,14H,3,7H2,1-2H3. The average Bonchev–Trinajstić information content (AvgIpc) is 2.29. The molecule has 0 saturated carbocycles. The predicted molar refractivity (Wildman–Crippen MR) is 60.8 cm³/mol. The highest BCUT2D eigenvalue weighted by Gasteiger charge is 2.12. The normalized spacial score (nSPS) is 14.8. The molecule has 0 heterocycles. The minimum absolute atomic E-state index is 0.119. The van der Waals surface area contributed by atoms with Crippen molar-refractivity contribution in [3.63, 3.8) is 0 Å². The fourth-order valence-electron chi connectivity index (χ4n) is 1.30. The highest BCUT2D eigenvalue weighted by Crippen LogP contribution is 2.13. The molecule has 5 heteroatoms. The molecule has 0 aliphatic heterocycles. The van der Waals surface area contributed by atoms with Crippen LogP contribution in [-0.2, 0) is 10.8 Å². The Morgan fingerprint density at radius 1 is 1.38 bits per heavy atom. The number of hydrogen-bond donors (Lipinski definition) is 1. The molecule has 0 fully saturated rings. The fraction of sp³-hybridized carbons (Fsp3) is 0.455. The molecule has 0 amide bonds. The molecule has 0 bridgehead atoms. The van der Waals surface area contributed by atoms with E-state index in [1.54, 1.807) is 7.05 Å². The van der Waals surface area contributed by atoms with Crippen LogP contribution in [0.2, 0.25) is 0 Å². The predicted octanol–water partition coefficient (Wildman–Crippen LogP) is 2.07. The van der Waals surface area contributed by atoms with Crippen LogP contribution in [0.3, 0.4) is 0 Å². The molecule has 90 valence electrons. The molecular formula is C11H15F2NOS. The van der Waals surface area contributed by atoms with E-state index in [1.165, 1.54) is 6.07 Å². The molecule has 2 atom stereocenters. The van der Waals surface area contributed by atoms with Crippen molar-refractivity contribution < 1.29 is 13.0 Å². The maximum atomic E-state index is 12.9. The van der Waals surface area contributed by atoms with Crippen molar-refractivity contribution in [2.45, 2.75) is 24.3 Å². The van der Waals surface area contributed by atoms with Crippen LogP contribution in [0.5, 0.6) is 0 Å². The summed E-state index contributed by atoms with van der Waals surface area (Å²) in [5, 5.41) is 3.02. The summed E-state index contributed by atoms with van der Waals surface area (Å²) >= 11 is 0. The van der Waals surface area contributed by atoms with Crippen molar-refractivity contribution >= 4 is 10.8 Å². The Balaban J connectivity index is 2.76. The highest BCUT2D eigenvalue weighted by molar-refractivity contribution is 7.85. The minimum Gasteiger partial charge on any atom is -0.316 e. The van der Waals surface area contributed by atoms with E-state index in [-0.39, 0.29) is 6.04 Å². The first kappa shape index (κ1) is 13.3. The zero-order chi connectivity index (χ0) is 12.1. The van der Waals surface area contributed by atoms with Gasteiger partial charge in [0.05, 0.1) is 10.8 Å². The highest BCUT2D eigenvalue weighted by atomic mass is 32.2. The zero-order valence-electron chi connectivity index (χ0n) is 9.30. The van der Waals surface area contributed by atoms with E-state index >= 15 is 0 Å². The van der Waals surface area contributed by atoms with Gasteiger partial charge in [-0.15, -0.1) is 0 Å². The van der Waals surface area contributed by atoms with E-state index in [2.05, 4.69) is 5.32 Å². The van der Waals surface area contributed by atoms with Crippen molar-refractivity contribution in [1.29, 1.82) is 0 Å². The monoisotopic (exact) mass is 247 g/mol. The quantitative estimate of drug-likeness (QED) is 0.863. The van der Waals surface area contributed by atoms with Crippen molar-refractivity contribution in [2.75, 3.05) is 12.8 Å². The van der Waals surface area contributed by atoms with Crippen molar-refractivity contribution in [3.8, 4) is 0 Å². The molecule has 1 N–H and O–H groups in total. The number of hydrogen-bond acceptors (Lipinski definition) is 2. The lowest BCUT2D eigenvalue weighted by atomic mass is 10.3. The Hall–Kier alpha value is -0.810. The summed E-state index contributed by atoms with van der Waals surface area (Å²) in [6.45, 7) is 1.98. The molecule has 1 aromatic rings. The molecule has 1 rings (SSSR count). The number of benzene rings is 1. The molecule has 1 aromatic carbocycles. The van der Waals surface area contributed by atoms with Gasteiger partial charge >= 0.3 is 0 Å². The molecule has 0 aliphatic carbocycles. The Bertz CT molecular complexity index is 380. The Kier molecular flexibility index (Phi) is 5.02. The number of nitrogens with one attached hydrogen (secondary N) is 1. The Morgan fingerprint density at radius 2 is 2.06 bits per heavy atom. The zero-order valence-corrected chi connectivity index (χ0v) is 10.1. The first-order valence-electron chi connectivity index (χ1n) is 5.09. The van der Waals surface area contributed by atoms with Crippen LogP contribution in [0.25, 0.3) is 0 Å². The van der Waals surface area contributed by atoms with Crippen molar-refractivity contribution in [1.82, 2.24) is 5.32 Å². The van der Waals surface area contributed by atoms with Gasteiger partial charge in [-0.3, -0.25) is 4.21 Å². The van der Waals surface area contributed by atoms with Gasteiger partial charge in [-0.1, -0.05) is 6.92 Å². The number of rotatable bonds is 5. The van der Waals surface area contributed by atoms with Crippen LogP contribution < -0.4 is 5.32 Å². The lowest BCUT2D eigenvalue weighted by molar-refractivity contribution is 0.505. The second-order valence-corrected chi connectivity index (χ2v) is 4.98. The Morgan fingerprint density at radius 3 is 2.56 bits per heavy atom. The third kappa shape index (κ3) is 3.35. The van der Waals surface area contributed by atoms with Gasteiger partial charge in [0.25, 0.3) is 0 Å². The maximum Gasteiger partial charge on any atom is 0.160 e. The van der Waals surface area contributed by atoms with E-state index < -0.39 is 22.4 Å². The van der Waals surface area contributed by atoms with Gasteiger partial charge in [0, 0.05) is 16.7 Å². The lowest BCUT2D eigenvalue weighted by Gasteiger charge is -2.13. The third-order valence-corrected chi connectivity index (χ3v) is 3.89. The Labute approximate surface area is 96.5 Å². The topological polar surface area (TPSA) is 29.1 Å². The van der Waals surface area contributed by atoms with Gasteiger partial charge < -0.3 is 5.32 Å². The molecule has 0 aliphatic rings. The lowest BCUT2D eigenvalue weighted by Crippen LogP contribution is -2.30. The van der Waals surface area contributed by atoms with Gasteiger partial charge in [0.2, 0.25) is 0 Å². The first-order valence-corrected chi connectivity index (χ1v) is 6.41. The first-order chi connectivity index (χ1) is 7.58. The summed E-state index contributed by atoms with van der Waals surface area (Å²) in [6.07, 6.45) is 0.839. The summed E-state index contributed by atoms with van der Waals surface area (Å²) in [6, 6.07) is 3.47. The third-order valence-electron chi connectivity index (χ3n) is 2.41. The summed E-state index contributed by atoms with van der Waals surface area (Å²) in [4.78, 5) is 0.326. The van der Waals surface area contributed by atoms with Crippen molar-refractivity contribution in [2.24, 2.45) is 0 Å². The number of halogens is 2. The van der Waals surface area contributed by atoms with Crippen LogP contribution >= 0.6 is 0 Å². The molecule has 0 aromatic heterocycles. The van der Waals surface area contributed by atoms with Crippen LogP contribution in [0.4, 0.5) is 8.78 Å². The van der Waals surface area contributed by atoms with Gasteiger partial charge in [-0.25, -0.2) is 8.78 Å². The summed E-state index contributed by atoms with van der Waals surface area (Å²) in [5.41, 5.74) is 0. The van der Waals surface area contributed by atoms with Gasteiger partial charge in [0.15, 0.2) is 11.6 Å². The van der Waals surface area contributed by atoms with Crippen LogP contribution in [0.15, 0.2) is 23.1 Å². The van der Waals surface area contributed by atoms with Gasteiger partial charge in [-0.05, 0) is 31.7 Å². The summed E-state index contributed by atoms with van der Waals surface area (Å²) < 4.78 is 37.4. The van der Waals surface area contributed by atoms with Crippen LogP contribution in [0.1, 0.15) is 13.3 Å². The van der Waals surface area contributed by atoms with Crippen LogP contribution in [0, 0.1) is 11.6 Å². The minimum atomic E-state index is -1.30. The largest absolute Gasteiger partial charge is 0.316 e. The van der Waals surface area contributed by atoms with E-state index in [1.807, 2.05) is 6.92 Å². The van der Waals surface area contributed by atoms with E-state index in [0.29, 0.717) is 10.6 Å². The van der Waals surface area contributed by atoms with Crippen molar-refractivity contribution in [3.05, 3.63) is 29.8 Å². The van der Waals surface area contributed by atoms with E-state index in [9.17, 15) is 13.0 Å².